The Balaban J connectivity index is 1.42. The number of hydrogen-bond acceptors (Lipinski definition) is 3. The number of aryl methyl sites for hydroxylation is 1. The molecule has 0 bridgehead atoms. The third-order valence-electron chi connectivity index (χ3n) is 4.04. The molecule has 0 atom stereocenters. The van der Waals surface area contributed by atoms with E-state index in [1.165, 1.54) is 17.0 Å². The van der Waals surface area contributed by atoms with Crippen LogP contribution in [0.1, 0.15) is 6.42 Å². The van der Waals surface area contributed by atoms with E-state index in [-0.39, 0.29) is 24.3 Å². The molecule has 0 radical (unpaired) electrons. The summed E-state index contributed by atoms with van der Waals surface area (Å²) in [6, 6.07) is 5.52. The molecule has 0 aliphatic carbocycles. The lowest BCUT2D eigenvalue weighted by atomic mass is 10.3. The van der Waals surface area contributed by atoms with Crippen molar-refractivity contribution >= 4 is 17.6 Å². The summed E-state index contributed by atoms with van der Waals surface area (Å²) in [6.45, 7) is 2.31. The van der Waals surface area contributed by atoms with Crippen LogP contribution in [0.4, 0.5) is 14.9 Å². The van der Waals surface area contributed by atoms with E-state index in [1.807, 2.05) is 10.8 Å². The molecule has 1 N–H and O–H groups in total. The van der Waals surface area contributed by atoms with Gasteiger partial charge in [-0.2, -0.15) is 0 Å². The molecule has 3 amide bonds. The molecule has 2 aromatic rings. The van der Waals surface area contributed by atoms with Crippen LogP contribution < -0.4 is 10.2 Å². The molecule has 25 heavy (non-hydrogen) atoms. The van der Waals surface area contributed by atoms with Crippen LogP contribution in [0.2, 0.25) is 0 Å². The van der Waals surface area contributed by atoms with Gasteiger partial charge in [0.15, 0.2) is 0 Å². The van der Waals surface area contributed by atoms with E-state index < -0.39 is 0 Å². The minimum Gasteiger partial charge on any atom is -0.354 e. The predicted octanol–water partition coefficient (Wildman–Crippen LogP) is 1.47. The summed E-state index contributed by atoms with van der Waals surface area (Å²) >= 11 is 0. The second kappa shape index (κ2) is 7.78. The number of halogens is 1. The van der Waals surface area contributed by atoms with Gasteiger partial charge in [-0.1, -0.05) is 0 Å². The standard InChI is InChI=1S/C17H20FN5O2/c18-14-2-4-15(5-3-14)23-11-10-22(17(23)25)12-16(24)20-6-1-8-21-9-7-19-13-21/h2-5,7,9,13H,1,6,8,10-12H2,(H,20,24). The summed E-state index contributed by atoms with van der Waals surface area (Å²) in [7, 11) is 0. The number of benzene rings is 1. The number of hydrogen-bond donors (Lipinski definition) is 1. The Hall–Kier alpha value is -2.90. The van der Waals surface area contributed by atoms with Crippen LogP contribution in [-0.4, -0.2) is 52.6 Å². The number of carbonyl (C=O) groups excluding carboxylic acids is 2. The number of amides is 3. The molecule has 1 saturated heterocycles. The summed E-state index contributed by atoms with van der Waals surface area (Å²) < 4.78 is 14.9. The summed E-state index contributed by atoms with van der Waals surface area (Å²) in [5.41, 5.74) is 0.634. The number of aromatic nitrogens is 2. The number of urea groups is 1. The Bertz CT molecular complexity index is 717. The monoisotopic (exact) mass is 345 g/mol. The van der Waals surface area contributed by atoms with Crippen LogP contribution in [0.15, 0.2) is 43.0 Å². The maximum Gasteiger partial charge on any atom is 0.325 e. The van der Waals surface area contributed by atoms with E-state index in [0.29, 0.717) is 25.3 Å². The van der Waals surface area contributed by atoms with Crippen molar-refractivity contribution in [3.63, 3.8) is 0 Å². The highest BCUT2D eigenvalue weighted by atomic mass is 19.1. The van der Waals surface area contributed by atoms with Gasteiger partial charge in [-0.25, -0.2) is 14.2 Å². The van der Waals surface area contributed by atoms with Crippen LogP contribution in [0.25, 0.3) is 0 Å². The molecule has 2 heterocycles. The summed E-state index contributed by atoms with van der Waals surface area (Å²) in [5.74, 6) is -0.526. The average Bonchev–Trinajstić information content (AvgIpc) is 3.24. The normalized spacial score (nSPS) is 14.2. The molecule has 1 aromatic heterocycles. The summed E-state index contributed by atoms with van der Waals surface area (Å²) in [6.07, 6.45) is 6.10. The summed E-state index contributed by atoms with van der Waals surface area (Å²) in [5, 5.41) is 2.82. The van der Waals surface area contributed by atoms with Crippen LogP contribution in [0.5, 0.6) is 0 Å². The smallest absolute Gasteiger partial charge is 0.325 e. The lowest BCUT2D eigenvalue weighted by Crippen LogP contribution is -2.40. The zero-order chi connectivity index (χ0) is 17.6. The quantitative estimate of drug-likeness (QED) is 0.773. The Morgan fingerprint density at radius 1 is 1.24 bits per heavy atom. The third-order valence-corrected chi connectivity index (χ3v) is 4.04. The highest BCUT2D eigenvalue weighted by Crippen LogP contribution is 2.20. The second-order valence-corrected chi connectivity index (χ2v) is 5.84. The number of anilines is 1. The highest BCUT2D eigenvalue weighted by molar-refractivity contribution is 5.96. The van der Waals surface area contributed by atoms with Crippen LogP contribution in [-0.2, 0) is 11.3 Å². The SMILES string of the molecule is O=C(CN1CCN(c2ccc(F)cc2)C1=O)NCCCn1ccnc1. The van der Waals surface area contributed by atoms with Crippen LogP contribution in [0, 0.1) is 5.82 Å². The van der Waals surface area contributed by atoms with Crippen molar-refractivity contribution in [2.24, 2.45) is 0 Å². The number of nitrogens with one attached hydrogen (secondary N) is 1. The molecule has 1 fully saturated rings. The number of imidazole rings is 1. The van der Waals surface area contributed by atoms with Crippen molar-refractivity contribution < 1.29 is 14.0 Å². The van der Waals surface area contributed by atoms with E-state index in [2.05, 4.69) is 10.3 Å². The first-order valence-corrected chi connectivity index (χ1v) is 8.18. The molecule has 3 rings (SSSR count). The molecule has 1 aromatic carbocycles. The van der Waals surface area contributed by atoms with Gasteiger partial charge in [0.2, 0.25) is 5.91 Å². The van der Waals surface area contributed by atoms with Gasteiger partial charge >= 0.3 is 6.03 Å². The van der Waals surface area contributed by atoms with E-state index in [9.17, 15) is 14.0 Å². The Kier molecular flexibility index (Phi) is 5.27. The van der Waals surface area contributed by atoms with E-state index >= 15 is 0 Å². The molecule has 0 unspecified atom stereocenters. The van der Waals surface area contributed by atoms with E-state index in [1.54, 1.807) is 29.6 Å². The minimum absolute atomic E-state index is 0.0294. The van der Waals surface area contributed by atoms with Crippen LogP contribution in [0.3, 0.4) is 0 Å². The van der Waals surface area contributed by atoms with Crippen molar-refractivity contribution in [2.45, 2.75) is 13.0 Å². The zero-order valence-electron chi connectivity index (χ0n) is 13.8. The Morgan fingerprint density at radius 2 is 2.04 bits per heavy atom. The molecule has 0 saturated carbocycles. The molecule has 8 heteroatoms. The fraction of sp³-hybridized carbons (Fsp3) is 0.353. The molecule has 132 valence electrons. The van der Waals surface area contributed by atoms with Crippen molar-refractivity contribution in [1.82, 2.24) is 19.8 Å². The van der Waals surface area contributed by atoms with Gasteiger partial charge in [-0.05, 0) is 30.7 Å². The third kappa shape index (κ3) is 4.34. The van der Waals surface area contributed by atoms with Crippen LogP contribution >= 0.6 is 0 Å². The molecule has 1 aliphatic rings. The average molecular weight is 345 g/mol. The highest BCUT2D eigenvalue weighted by Gasteiger charge is 2.30. The fourth-order valence-electron chi connectivity index (χ4n) is 2.73. The maximum atomic E-state index is 13.0. The molecule has 0 spiro atoms. The topological polar surface area (TPSA) is 70.5 Å². The van der Waals surface area contributed by atoms with Gasteiger partial charge in [0.1, 0.15) is 12.4 Å². The molecular weight excluding hydrogens is 325 g/mol. The number of nitrogens with zero attached hydrogens (tertiary/aromatic N) is 4. The first-order valence-electron chi connectivity index (χ1n) is 8.18. The van der Waals surface area contributed by atoms with Crippen molar-refractivity contribution in [3.05, 3.63) is 48.8 Å². The van der Waals surface area contributed by atoms with Crippen molar-refractivity contribution in [1.29, 1.82) is 0 Å². The van der Waals surface area contributed by atoms with Gasteiger partial charge in [-0.3, -0.25) is 9.69 Å². The van der Waals surface area contributed by atoms with Gasteiger partial charge in [-0.15, -0.1) is 0 Å². The van der Waals surface area contributed by atoms with E-state index in [0.717, 1.165) is 13.0 Å². The van der Waals surface area contributed by atoms with Gasteiger partial charge in [0, 0.05) is 44.3 Å². The molecular formula is C17H20FN5O2. The van der Waals surface area contributed by atoms with E-state index in [4.69, 9.17) is 0 Å². The Morgan fingerprint density at radius 3 is 2.76 bits per heavy atom. The summed E-state index contributed by atoms with van der Waals surface area (Å²) in [4.78, 5) is 31.4. The molecule has 7 nitrogen and oxygen atoms in total. The Labute approximate surface area is 145 Å². The van der Waals surface area contributed by atoms with Gasteiger partial charge in [0.25, 0.3) is 0 Å². The van der Waals surface area contributed by atoms with Gasteiger partial charge in [0.05, 0.1) is 6.33 Å². The van der Waals surface area contributed by atoms with Crippen molar-refractivity contribution in [2.75, 3.05) is 31.1 Å². The second-order valence-electron chi connectivity index (χ2n) is 5.84. The maximum absolute atomic E-state index is 13.0. The van der Waals surface area contributed by atoms with Gasteiger partial charge < -0.3 is 14.8 Å². The first kappa shape index (κ1) is 16.9. The number of rotatable bonds is 7. The fourth-order valence-corrected chi connectivity index (χ4v) is 2.73. The van der Waals surface area contributed by atoms with Crippen molar-refractivity contribution in [3.8, 4) is 0 Å². The predicted molar refractivity (Wildman–Crippen MR) is 90.6 cm³/mol. The zero-order valence-corrected chi connectivity index (χ0v) is 13.8. The lowest BCUT2D eigenvalue weighted by Gasteiger charge is -2.18. The number of carbonyl (C=O) groups is 2. The minimum atomic E-state index is -0.345. The lowest BCUT2D eigenvalue weighted by molar-refractivity contribution is -0.121. The largest absolute Gasteiger partial charge is 0.354 e. The first-order chi connectivity index (χ1) is 12.1. The molecule has 1 aliphatic heterocycles.